The van der Waals surface area contributed by atoms with Gasteiger partial charge >= 0.3 is 17.9 Å². The molecule has 0 saturated heterocycles. The number of allylic oxidation sites excluding steroid dienone is 2. The predicted octanol–water partition coefficient (Wildman–Crippen LogP) is 4.31. The zero-order chi connectivity index (χ0) is 22.0. The van der Waals surface area contributed by atoms with E-state index in [1.807, 2.05) is 0 Å². The van der Waals surface area contributed by atoms with E-state index in [4.69, 9.17) is 15.3 Å². The third kappa shape index (κ3) is 16.7. The van der Waals surface area contributed by atoms with E-state index < -0.39 is 17.9 Å². The largest absolute Gasteiger partial charge is 0.481 e. The number of aliphatic carboxylic acids is 3. The van der Waals surface area contributed by atoms with Crippen LogP contribution in [0, 0.1) is 0 Å². The van der Waals surface area contributed by atoms with Gasteiger partial charge in [-0.05, 0) is 38.5 Å². The maximum absolute atomic E-state index is 11.0. The summed E-state index contributed by atoms with van der Waals surface area (Å²) in [5, 5.41) is 27.1. The minimum absolute atomic E-state index is 0.0813. The van der Waals surface area contributed by atoms with E-state index in [2.05, 4.69) is 19.1 Å². The molecule has 0 aromatic heterocycles. The Morgan fingerprint density at radius 1 is 0.621 bits per heavy atom. The van der Waals surface area contributed by atoms with Crippen molar-refractivity contribution in [2.24, 2.45) is 0 Å². The predicted molar refractivity (Wildman–Crippen MR) is 113 cm³/mol. The van der Waals surface area contributed by atoms with Crippen molar-refractivity contribution >= 4 is 17.9 Å². The zero-order valence-corrected chi connectivity index (χ0v) is 18.0. The number of carboxylic acid groups (broad SMARTS) is 3. The number of carbonyl (C=O) groups is 3. The molecular weight excluding hydrogens is 374 g/mol. The van der Waals surface area contributed by atoms with Crippen LogP contribution < -0.4 is 0 Å². The summed E-state index contributed by atoms with van der Waals surface area (Å²) in [6.45, 7) is 3.64. The lowest BCUT2D eigenvalue weighted by atomic mass is 10.1. The van der Waals surface area contributed by atoms with Gasteiger partial charge < -0.3 is 19.8 Å². The number of quaternary nitrogens is 1. The van der Waals surface area contributed by atoms with Crippen LogP contribution in [0.2, 0.25) is 0 Å². The molecule has 0 bridgehead atoms. The maximum Gasteiger partial charge on any atom is 0.309 e. The van der Waals surface area contributed by atoms with Crippen LogP contribution in [0.15, 0.2) is 12.2 Å². The molecule has 29 heavy (non-hydrogen) atoms. The molecule has 0 radical (unpaired) electrons. The van der Waals surface area contributed by atoms with Crippen molar-refractivity contribution < 1.29 is 34.2 Å². The number of nitrogens with zero attached hydrogens (tertiary/aromatic N) is 1. The van der Waals surface area contributed by atoms with Gasteiger partial charge in [-0.1, -0.05) is 38.3 Å². The smallest absolute Gasteiger partial charge is 0.309 e. The van der Waals surface area contributed by atoms with Crippen LogP contribution in [0.25, 0.3) is 0 Å². The van der Waals surface area contributed by atoms with Gasteiger partial charge in [0.05, 0.1) is 45.4 Å². The molecule has 0 spiro atoms. The summed E-state index contributed by atoms with van der Waals surface area (Å²) in [5.74, 6) is -2.82. The summed E-state index contributed by atoms with van der Waals surface area (Å²) >= 11 is 0. The Bertz CT molecular complexity index is 458. The Balaban J connectivity index is 4.46. The van der Waals surface area contributed by atoms with Crippen LogP contribution in [-0.2, 0) is 14.4 Å². The Morgan fingerprint density at radius 3 is 1.45 bits per heavy atom. The van der Waals surface area contributed by atoms with Crippen LogP contribution in [0.5, 0.6) is 0 Å². The van der Waals surface area contributed by atoms with Crippen molar-refractivity contribution in [2.75, 3.05) is 26.2 Å². The van der Waals surface area contributed by atoms with Crippen LogP contribution in [0.1, 0.15) is 84.0 Å². The van der Waals surface area contributed by atoms with E-state index in [1.54, 1.807) is 0 Å². The fraction of sp³-hybridized carbons (Fsp3) is 0.773. The molecule has 0 aromatic carbocycles. The second-order valence-corrected chi connectivity index (χ2v) is 7.84. The van der Waals surface area contributed by atoms with Gasteiger partial charge in [0.25, 0.3) is 0 Å². The lowest BCUT2D eigenvalue weighted by Crippen LogP contribution is -2.52. The van der Waals surface area contributed by atoms with Crippen molar-refractivity contribution in [1.29, 1.82) is 0 Å². The molecule has 0 fully saturated rings. The van der Waals surface area contributed by atoms with Gasteiger partial charge in [0.2, 0.25) is 0 Å². The molecule has 3 N–H and O–H groups in total. The van der Waals surface area contributed by atoms with E-state index in [0.29, 0.717) is 6.54 Å². The topological polar surface area (TPSA) is 112 Å². The first-order chi connectivity index (χ1) is 13.8. The van der Waals surface area contributed by atoms with Crippen LogP contribution in [-0.4, -0.2) is 63.9 Å². The highest BCUT2D eigenvalue weighted by Crippen LogP contribution is 2.16. The fourth-order valence-electron chi connectivity index (χ4n) is 3.48. The first kappa shape index (κ1) is 27.1. The Morgan fingerprint density at radius 2 is 1.03 bits per heavy atom. The average Bonchev–Trinajstić information content (AvgIpc) is 2.66. The van der Waals surface area contributed by atoms with E-state index in [1.165, 1.54) is 19.3 Å². The molecule has 0 atom stereocenters. The fourth-order valence-corrected chi connectivity index (χ4v) is 3.48. The van der Waals surface area contributed by atoms with Gasteiger partial charge in [-0.25, -0.2) is 0 Å². The minimum Gasteiger partial charge on any atom is -0.481 e. The summed E-state index contributed by atoms with van der Waals surface area (Å²) in [6, 6.07) is 0. The molecule has 7 nitrogen and oxygen atoms in total. The zero-order valence-electron chi connectivity index (χ0n) is 18.0. The van der Waals surface area contributed by atoms with Crippen molar-refractivity contribution in [3.63, 3.8) is 0 Å². The number of hydrogen-bond acceptors (Lipinski definition) is 3. The number of unbranched alkanes of at least 4 members (excludes halogenated alkanes) is 7. The van der Waals surface area contributed by atoms with E-state index in [9.17, 15) is 14.4 Å². The Kier molecular flexibility index (Phi) is 15.9. The summed E-state index contributed by atoms with van der Waals surface area (Å²) in [7, 11) is 0. The van der Waals surface area contributed by atoms with Crippen molar-refractivity contribution in [1.82, 2.24) is 0 Å². The highest BCUT2D eigenvalue weighted by molar-refractivity contribution is 5.67. The summed E-state index contributed by atoms with van der Waals surface area (Å²) in [4.78, 5) is 33.1. The molecule has 0 unspecified atom stereocenters. The number of hydrogen-bond donors (Lipinski definition) is 3. The standard InChI is InChI=1S/C22H39NO6/c1-2-3-4-5-6-7-8-9-10-11-12-16-23(17-13-20(24)25,18-14-21(26)27)19-15-22(28)29/h6-7H,2-5,8-19H2,1H3,(H2-,24,25,26,27,28,29)/p+1/b7-6+. The molecule has 0 rings (SSSR count). The van der Waals surface area contributed by atoms with Crippen LogP contribution in [0.3, 0.4) is 0 Å². The molecule has 0 heterocycles. The quantitative estimate of drug-likeness (QED) is 0.155. The molecule has 0 aliphatic heterocycles. The van der Waals surface area contributed by atoms with Gasteiger partial charge in [-0.2, -0.15) is 0 Å². The van der Waals surface area contributed by atoms with Gasteiger partial charge in [0.15, 0.2) is 0 Å². The number of rotatable bonds is 20. The third-order valence-electron chi connectivity index (χ3n) is 5.29. The highest BCUT2D eigenvalue weighted by atomic mass is 16.4. The highest BCUT2D eigenvalue weighted by Gasteiger charge is 2.29. The van der Waals surface area contributed by atoms with Crippen LogP contribution in [0.4, 0.5) is 0 Å². The molecule has 0 amide bonds. The second kappa shape index (κ2) is 17.0. The third-order valence-corrected chi connectivity index (χ3v) is 5.29. The van der Waals surface area contributed by atoms with Crippen molar-refractivity contribution in [3.8, 4) is 0 Å². The molecular formula is C22H40NO6+. The SMILES string of the molecule is CCCCC/C=C/CCCCCC[N+](CCC(=O)O)(CCC(=O)O)CCC(=O)O. The van der Waals surface area contributed by atoms with Crippen LogP contribution >= 0.6 is 0 Å². The maximum atomic E-state index is 11.0. The molecule has 7 heteroatoms. The molecule has 0 aliphatic rings. The van der Waals surface area contributed by atoms with E-state index in [0.717, 1.165) is 38.5 Å². The molecule has 168 valence electrons. The lowest BCUT2D eigenvalue weighted by Gasteiger charge is -2.38. The summed E-state index contributed by atoms with van der Waals surface area (Å²) in [5.41, 5.74) is 0. The minimum atomic E-state index is -0.941. The van der Waals surface area contributed by atoms with Gasteiger partial charge in [-0.3, -0.25) is 14.4 Å². The molecule has 0 aliphatic carbocycles. The number of carboxylic acids is 3. The monoisotopic (exact) mass is 414 g/mol. The van der Waals surface area contributed by atoms with Crippen molar-refractivity contribution in [2.45, 2.75) is 84.0 Å². The first-order valence-electron chi connectivity index (χ1n) is 11.0. The molecule has 0 aromatic rings. The second-order valence-electron chi connectivity index (χ2n) is 7.84. The average molecular weight is 415 g/mol. The summed E-state index contributed by atoms with van der Waals surface area (Å²) < 4.78 is 0.252. The van der Waals surface area contributed by atoms with Gasteiger partial charge in [0.1, 0.15) is 0 Å². The van der Waals surface area contributed by atoms with E-state index in [-0.39, 0.29) is 43.4 Å². The van der Waals surface area contributed by atoms with Gasteiger partial charge in [-0.15, -0.1) is 0 Å². The van der Waals surface area contributed by atoms with E-state index >= 15 is 0 Å². The van der Waals surface area contributed by atoms with Crippen molar-refractivity contribution in [3.05, 3.63) is 12.2 Å². The lowest BCUT2D eigenvalue weighted by molar-refractivity contribution is -0.927. The Hall–Kier alpha value is -1.89. The normalized spacial score (nSPS) is 11.8. The summed E-state index contributed by atoms with van der Waals surface area (Å²) in [6.07, 6.45) is 14.2. The Labute approximate surface area is 175 Å². The first-order valence-corrected chi connectivity index (χ1v) is 11.0. The van der Waals surface area contributed by atoms with Gasteiger partial charge in [0, 0.05) is 0 Å². The molecule has 0 saturated carbocycles.